The van der Waals surface area contributed by atoms with E-state index in [0.29, 0.717) is 12.6 Å². The van der Waals surface area contributed by atoms with Crippen LogP contribution in [0.15, 0.2) is 18.5 Å². The van der Waals surface area contributed by atoms with Crippen molar-refractivity contribution in [3.8, 4) is 0 Å². The van der Waals surface area contributed by atoms with Gasteiger partial charge >= 0.3 is 6.18 Å². The summed E-state index contributed by atoms with van der Waals surface area (Å²) in [6.07, 6.45) is 0.518. The van der Waals surface area contributed by atoms with Crippen molar-refractivity contribution in [2.45, 2.75) is 50.6 Å². The Labute approximate surface area is 117 Å². The van der Waals surface area contributed by atoms with E-state index < -0.39 is 12.3 Å². The monoisotopic (exact) mass is 290 g/mol. The molecule has 0 spiro atoms. The second-order valence-corrected chi connectivity index (χ2v) is 5.55. The smallest absolute Gasteiger partial charge is 0.379 e. The predicted octanol–water partition coefficient (Wildman–Crippen LogP) is 2.96. The molecule has 20 heavy (non-hydrogen) atoms. The summed E-state index contributed by atoms with van der Waals surface area (Å²) in [5, 5.41) is 9.18. The Morgan fingerprint density at radius 2 is 2.15 bits per heavy atom. The van der Waals surface area contributed by atoms with E-state index in [9.17, 15) is 18.3 Å². The highest BCUT2D eigenvalue weighted by Gasteiger charge is 2.39. The molecule has 0 saturated carbocycles. The van der Waals surface area contributed by atoms with Crippen LogP contribution in [0.4, 0.5) is 13.2 Å². The molecule has 1 aliphatic heterocycles. The number of hydrogen-bond donors (Lipinski definition) is 1. The van der Waals surface area contributed by atoms with Gasteiger partial charge in [-0.3, -0.25) is 0 Å². The number of hydrogen-bond acceptors (Lipinski definition) is 2. The standard InChI is InChI=1S/C14H21F3N2O/c1-18-7-3-2-4-12(18)6-9-19-8-5-11(10-19)13(20)14(15,16)17/h5,8,10,12-13,20H,2-4,6-7,9H2,1H3. The summed E-state index contributed by atoms with van der Waals surface area (Å²) in [5.74, 6) is 0. The second-order valence-electron chi connectivity index (χ2n) is 5.55. The van der Waals surface area contributed by atoms with E-state index in [1.807, 2.05) is 0 Å². The molecule has 0 radical (unpaired) electrons. The number of aryl methyl sites for hydroxylation is 1. The van der Waals surface area contributed by atoms with Gasteiger partial charge in [0.15, 0.2) is 6.10 Å². The Morgan fingerprint density at radius 3 is 2.80 bits per heavy atom. The van der Waals surface area contributed by atoms with Gasteiger partial charge in [-0.15, -0.1) is 0 Å². The number of aliphatic hydroxyl groups is 1. The van der Waals surface area contributed by atoms with Crippen molar-refractivity contribution >= 4 is 0 Å². The Kier molecular flexibility index (Phi) is 4.75. The van der Waals surface area contributed by atoms with Gasteiger partial charge in [0.25, 0.3) is 0 Å². The normalized spacial score (nSPS) is 22.9. The first-order valence-corrected chi connectivity index (χ1v) is 6.98. The van der Waals surface area contributed by atoms with Crippen LogP contribution < -0.4 is 0 Å². The zero-order chi connectivity index (χ0) is 14.8. The number of nitrogens with zero attached hydrogens (tertiary/aromatic N) is 2. The SMILES string of the molecule is CN1CCCCC1CCn1ccc(C(O)C(F)(F)F)c1. The summed E-state index contributed by atoms with van der Waals surface area (Å²) in [6.45, 7) is 1.77. The molecular formula is C14H21F3N2O. The number of halogens is 3. The van der Waals surface area contributed by atoms with Crippen molar-refractivity contribution < 1.29 is 18.3 Å². The molecule has 1 N–H and O–H groups in total. The molecule has 2 rings (SSSR count). The lowest BCUT2D eigenvalue weighted by atomic mass is 10.0. The zero-order valence-corrected chi connectivity index (χ0v) is 11.6. The first kappa shape index (κ1) is 15.4. The summed E-state index contributed by atoms with van der Waals surface area (Å²) < 4.78 is 38.9. The minimum Gasteiger partial charge on any atom is -0.379 e. The maximum Gasteiger partial charge on any atom is 0.418 e. The van der Waals surface area contributed by atoms with Crippen LogP contribution in [0.3, 0.4) is 0 Å². The average molecular weight is 290 g/mol. The molecule has 1 fully saturated rings. The van der Waals surface area contributed by atoms with Gasteiger partial charge in [-0.05, 0) is 38.9 Å². The molecular weight excluding hydrogens is 269 g/mol. The molecule has 0 bridgehead atoms. The number of alkyl halides is 3. The summed E-state index contributed by atoms with van der Waals surface area (Å²) in [4.78, 5) is 2.32. The van der Waals surface area contributed by atoms with E-state index in [1.165, 1.54) is 25.1 Å². The molecule has 6 heteroatoms. The largest absolute Gasteiger partial charge is 0.418 e. The highest BCUT2D eigenvalue weighted by molar-refractivity contribution is 5.15. The number of likely N-dealkylation sites (tertiary alicyclic amines) is 1. The molecule has 2 heterocycles. The molecule has 1 aromatic rings. The van der Waals surface area contributed by atoms with Gasteiger partial charge in [-0.25, -0.2) is 0 Å². The lowest BCUT2D eigenvalue weighted by Gasteiger charge is -2.32. The Balaban J connectivity index is 1.90. The first-order valence-electron chi connectivity index (χ1n) is 6.98. The van der Waals surface area contributed by atoms with Crippen molar-refractivity contribution in [3.05, 3.63) is 24.0 Å². The topological polar surface area (TPSA) is 28.4 Å². The highest BCUT2D eigenvalue weighted by Crippen LogP contribution is 2.32. The predicted molar refractivity (Wildman–Crippen MR) is 70.3 cm³/mol. The molecule has 114 valence electrons. The fraction of sp³-hybridized carbons (Fsp3) is 0.714. The number of rotatable bonds is 4. The van der Waals surface area contributed by atoms with E-state index >= 15 is 0 Å². The van der Waals surface area contributed by atoms with Crippen molar-refractivity contribution in [1.82, 2.24) is 9.47 Å². The third-order valence-electron chi connectivity index (χ3n) is 4.04. The summed E-state index contributed by atoms with van der Waals surface area (Å²) in [6, 6.07) is 1.84. The minimum atomic E-state index is -4.60. The minimum absolute atomic E-state index is 0.0884. The van der Waals surface area contributed by atoms with Crippen LogP contribution in [0.2, 0.25) is 0 Å². The number of aliphatic hydroxyl groups excluding tert-OH is 1. The fourth-order valence-corrected chi connectivity index (χ4v) is 2.76. The van der Waals surface area contributed by atoms with Gasteiger partial charge in [-0.1, -0.05) is 6.42 Å². The quantitative estimate of drug-likeness (QED) is 0.923. The van der Waals surface area contributed by atoms with Crippen LogP contribution in [0.25, 0.3) is 0 Å². The van der Waals surface area contributed by atoms with Gasteiger partial charge in [0.1, 0.15) is 0 Å². The first-order chi connectivity index (χ1) is 9.38. The second kappa shape index (κ2) is 6.18. The van der Waals surface area contributed by atoms with E-state index in [4.69, 9.17) is 0 Å². The Morgan fingerprint density at radius 1 is 1.40 bits per heavy atom. The van der Waals surface area contributed by atoms with Gasteiger partial charge in [0.05, 0.1) is 0 Å². The molecule has 1 saturated heterocycles. The van der Waals surface area contributed by atoms with Crippen LogP contribution in [-0.4, -0.2) is 40.4 Å². The third-order valence-corrected chi connectivity index (χ3v) is 4.04. The highest BCUT2D eigenvalue weighted by atomic mass is 19.4. The maximum absolute atomic E-state index is 12.4. The van der Waals surface area contributed by atoms with Crippen LogP contribution in [0.5, 0.6) is 0 Å². The molecule has 0 aliphatic carbocycles. The molecule has 0 amide bonds. The molecule has 3 nitrogen and oxygen atoms in total. The van der Waals surface area contributed by atoms with Gasteiger partial charge in [0, 0.05) is 30.5 Å². The Hall–Kier alpha value is -1.01. The van der Waals surface area contributed by atoms with Gasteiger partial charge in [0.2, 0.25) is 0 Å². The zero-order valence-electron chi connectivity index (χ0n) is 11.6. The summed E-state index contributed by atoms with van der Waals surface area (Å²) >= 11 is 0. The van der Waals surface area contributed by atoms with E-state index in [1.54, 1.807) is 10.8 Å². The molecule has 2 atom stereocenters. The molecule has 1 aromatic heterocycles. The number of piperidine rings is 1. The van der Waals surface area contributed by atoms with Crippen molar-refractivity contribution in [2.75, 3.05) is 13.6 Å². The molecule has 1 aliphatic rings. The van der Waals surface area contributed by atoms with Crippen LogP contribution in [0.1, 0.15) is 37.4 Å². The molecule has 0 aromatic carbocycles. The van der Waals surface area contributed by atoms with Crippen molar-refractivity contribution in [3.63, 3.8) is 0 Å². The van der Waals surface area contributed by atoms with Gasteiger partial charge < -0.3 is 14.6 Å². The summed E-state index contributed by atoms with van der Waals surface area (Å²) in [5.41, 5.74) is -0.0884. The van der Waals surface area contributed by atoms with Crippen LogP contribution >= 0.6 is 0 Å². The summed E-state index contributed by atoms with van der Waals surface area (Å²) in [7, 11) is 2.10. The maximum atomic E-state index is 12.4. The fourth-order valence-electron chi connectivity index (χ4n) is 2.76. The Bertz CT molecular complexity index is 430. The number of aromatic nitrogens is 1. The van der Waals surface area contributed by atoms with Crippen LogP contribution in [-0.2, 0) is 6.54 Å². The molecule has 2 unspecified atom stereocenters. The van der Waals surface area contributed by atoms with E-state index in [2.05, 4.69) is 11.9 Å². The van der Waals surface area contributed by atoms with E-state index in [0.717, 1.165) is 19.4 Å². The average Bonchev–Trinajstić information content (AvgIpc) is 2.84. The van der Waals surface area contributed by atoms with Crippen molar-refractivity contribution in [1.29, 1.82) is 0 Å². The lowest BCUT2D eigenvalue weighted by Crippen LogP contribution is -2.36. The van der Waals surface area contributed by atoms with Crippen LogP contribution in [0, 0.1) is 0 Å². The van der Waals surface area contributed by atoms with Crippen molar-refractivity contribution in [2.24, 2.45) is 0 Å². The van der Waals surface area contributed by atoms with E-state index in [-0.39, 0.29) is 5.56 Å². The lowest BCUT2D eigenvalue weighted by molar-refractivity contribution is -0.206. The third kappa shape index (κ3) is 3.76. The van der Waals surface area contributed by atoms with Gasteiger partial charge in [-0.2, -0.15) is 13.2 Å².